The maximum Gasteiger partial charge on any atom is 0.227 e. The van der Waals surface area contributed by atoms with E-state index in [1.807, 2.05) is 6.92 Å². The quantitative estimate of drug-likeness (QED) is 0.785. The Hall–Kier alpha value is -1.95. The van der Waals surface area contributed by atoms with Crippen molar-refractivity contribution in [3.8, 4) is 18.1 Å². The van der Waals surface area contributed by atoms with Crippen molar-refractivity contribution in [2.45, 2.75) is 19.8 Å². The second-order valence-corrected chi connectivity index (χ2v) is 3.82. The number of benzene rings is 1. The number of terminal acetylenes is 1. The van der Waals surface area contributed by atoms with Gasteiger partial charge in [-0.3, -0.25) is 4.79 Å². The first-order valence-corrected chi connectivity index (χ1v) is 5.67. The maximum absolute atomic E-state index is 12.0. The SMILES string of the molecule is C#CCN(CCC)C(=O)Cc1ccccc1O. The van der Waals surface area contributed by atoms with Gasteiger partial charge < -0.3 is 10.0 Å². The number of nitrogens with zero attached hydrogens (tertiary/aromatic N) is 1. The van der Waals surface area contributed by atoms with Crippen LogP contribution in [0.15, 0.2) is 24.3 Å². The molecule has 0 bridgehead atoms. The summed E-state index contributed by atoms with van der Waals surface area (Å²) in [7, 11) is 0. The Labute approximate surface area is 102 Å². The third kappa shape index (κ3) is 3.84. The largest absolute Gasteiger partial charge is 0.508 e. The van der Waals surface area contributed by atoms with E-state index in [1.165, 1.54) is 0 Å². The highest BCUT2D eigenvalue weighted by Gasteiger charge is 2.13. The van der Waals surface area contributed by atoms with Gasteiger partial charge in [-0.25, -0.2) is 0 Å². The highest BCUT2D eigenvalue weighted by Crippen LogP contribution is 2.16. The van der Waals surface area contributed by atoms with E-state index in [-0.39, 0.29) is 18.1 Å². The van der Waals surface area contributed by atoms with Gasteiger partial charge >= 0.3 is 0 Å². The van der Waals surface area contributed by atoms with Gasteiger partial charge in [0.05, 0.1) is 13.0 Å². The van der Waals surface area contributed by atoms with Crippen molar-refractivity contribution in [1.82, 2.24) is 4.90 Å². The van der Waals surface area contributed by atoms with Crippen LogP contribution in [0.4, 0.5) is 0 Å². The number of para-hydroxylation sites is 1. The van der Waals surface area contributed by atoms with E-state index in [0.29, 0.717) is 18.7 Å². The molecule has 0 aromatic heterocycles. The molecule has 3 heteroatoms. The number of hydrogen-bond donors (Lipinski definition) is 1. The molecular weight excluding hydrogens is 214 g/mol. The van der Waals surface area contributed by atoms with Crippen LogP contribution in [0, 0.1) is 12.3 Å². The van der Waals surface area contributed by atoms with Crippen LogP contribution in [0.3, 0.4) is 0 Å². The van der Waals surface area contributed by atoms with E-state index in [2.05, 4.69) is 5.92 Å². The maximum atomic E-state index is 12.0. The topological polar surface area (TPSA) is 40.5 Å². The molecule has 0 aliphatic rings. The van der Waals surface area contributed by atoms with Crippen molar-refractivity contribution in [1.29, 1.82) is 0 Å². The standard InChI is InChI=1S/C14H17NO2/c1-3-9-15(10-4-2)14(17)11-12-7-5-6-8-13(12)16/h1,5-8,16H,4,9-11H2,2H3. The van der Waals surface area contributed by atoms with E-state index in [0.717, 1.165) is 6.42 Å². The molecule has 3 nitrogen and oxygen atoms in total. The van der Waals surface area contributed by atoms with Gasteiger partial charge in [0.25, 0.3) is 0 Å². The molecule has 1 aromatic rings. The average molecular weight is 231 g/mol. The Morgan fingerprint density at radius 2 is 2.18 bits per heavy atom. The predicted octanol–water partition coefficient (Wildman–Crippen LogP) is 1.81. The minimum absolute atomic E-state index is 0.0497. The van der Waals surface area contributed by atoms with Crippen LogP contribution >= 0.6 is 0 Å². The lowest BCUT2D eigenvalue weighted by Gasteiger charge is -2.19. The second-order valence-electron chi connectivity index (χ2n) is 3.82. The molecule has 0 spiro atoms. The predicted molar refractivity (Wildman–Crippen MR) is 67.5 cm³/mol. The van der Waals surface area contributed by atoms with Gasteiger partial charge in [0.2, 0.25) is 5.91 Å². The highest BCUT2D eigenvalue weighted by molar-refractivity contribution is 5.79. The third-order valence-electron chi connectivity index (χ3n) is 2.46. The summed E-state index contributed by atoms with van der Waals surface area (Å²) in [5.74, 6) is 2.58. The van der Waals surface area contributed by atoms with Crippen molar-refractivity contribution < 1.29 is 9.90 Å². The van der Waals surface area contributed by atoms with Gasteiger partial charge in [-0.05, 0) is 12.5 Å². The van der Waals surface area contributed by atoms with E-state index in [4.69, 9.17) is 6.42 Å². The molecule has 0 atom stereocenters. The summed E-state index contributed by atoms with van der Waals surface area (Å²) in [6.45, 7) is 2.97. The van der Waals surface area contributed by atoms with Gasteiger partial charge in [0, 0.05) is 12.1 Å². The lowest BCUT2D eigenvalue weighted by atomic mass is 10.1. The number of rotatable bonds is 5. The van der Waals surface area contributed by atoms with E-state index in [1.54, 1.807) is 29.2 Å². The summed E-state index contributed by atoms with van der Waals surface area (Å²) in [5, 5.41) is 9.59. The minimum atomic E-state index is -0.0497. The first-order valence-electron chi connectivity index (χ1n) is 5.67. The van der Waals surface area contributed by atoms with Gasteiger partial charge in [-0.1, -0.05) is 31.0 Å². The molecule has 1 amide bonds. The fraction of sp³-hybridized carbons (Fsp3) is 0.357. The van der Waals surface area contributed by atoms with Crippen LogP contribution < -0.4 is 0 Å². The minimum Gasteiger partial charge on any atom is -0.508 e. The molecular formula is C14H17NO2. The molecule has 1 rings (SSSR count). The fourth-order valence-corrected chi connectivity index (χ4v) is 1.61. The molecule has 90 valence electrons. The first-order chi connectivity index (χ1) is 8.19. The lowest BCUT2D eigenvalue weighted by Crippen LogP contribution is -2.33. The van der Waals surface area contributed by atoms with Crippen molar-refractivity contribution in [2.24, 2.45) is 0 Å². The lowest BCUT2D eigenvalue weighted by molar-refractivity contribution is -0.129. The van der Waals surface area contributed by atoms with Crippen molar-refractivity contribution in [3.05, 3.63) is 29.8 Å². The number of carbonyl (C=O) groups excluding carboxylic acids is 1. The van der Waals surface area contributed by atoms with E-state index >= 15 is 0 Å². The summed E-state index contributed by atoms with van der Waals surface area (Å²) in [6.07, 6.45) is 6.29. The summed E-state index contributed by atoms with van der Waals surface area (Å²) >= 11 is 0. The molecule has 0 radical (unpaired) electrons. The van der Waals surface area contributed by atoms with E-state index < -0.39 is 0 Å². The van der Waals surface area contributed by atoms with Crippen molar-refractivity contribution in [2.75, 3.05) is 13.1 Å². The highest BCUT2D eigenvalue weighted by atomic mass is 16.3. The molecule has 0 saturated carbocycles. The van der Waals surface area contributed by atoms with Crippen molar-refractivity contribution >= 4 is 5.91 Å². The number of phenols is 1. The summed E-state index contributed by atoms with van der Waals surface area (Å²) in [4.78, 5) is 13.6. The molecule has 1 aromatic carbocycles. The van der Waals surface area contributed by atoms with Crippen LogP contribution in [-0.4, -0.2) is 29.0 Å². The zero-order valence-electron chi connectivity index (χ0n) is 10.0. The molecule has 0 heterocycles. The van der Waals surface area contributed by atoms with Gasteiger partial charge in [0.1, 0.15) is 5.75 Å². The Kier molecular flexibility index (Phi) is 5.09. The zero-order valence-corrected chi connectivity index (χ0v) is 10.0. The Balaban J connectivity index is 2.70. The van der Waals surface area contributed by atoms with Crippen molar-refractivity contribution in [3.63, 3.8) is 0 Å². The third-order valence-corrected chi connectivity index (χ3v) is 2.46. The smallest absolute Gasteiger partial charge is 0.227 e. The molecule has 0 fully saturated rings. The van der Waals surface area contributed by atoms with Gasteiger partial charge in [-0.2, -0.15) is 0 Å². The number of carbonyl (C=O) groups is 1. The van der Waals surface area contributed by atoms with Gasteiger partial charge in [0.15, 0.2) is 0 Å². The summed E-state index contributed by atoms with van der Waals surface area (Å²) < 4.78 is 0. The molecule has 0 saturated heterocycles. The number of aromatic hydroxyl groups is 1. The fourth-order valence-electron chi connectivity index (χ4n) is 1.61. The first kappa shape index (κ1) is 13.1. The van der Waals surface area contributed by atoms with Crippen LogP contribution in [0.5, 0.6) is 5.75 Å². The summed E-state index contributed by atoms with van der Waals surface area (Å²) in [6, 6.07) is 6.85. The van der Waals surface area contributed by atoms with Crippen LogP contribution in [0.2, 0.25) is 0 Å². The average Bonchev–Trinajstić information content (AvgIpc) is 2.32. The second kappa shape index (κ2) is 6.59. The molecule has 1 N–H and O–H groups in total. The Morgan fingerprint density at radius 3 is 2.76 bits per heavy atom. The van der Waals surface area contributed by atoms with Crippen LogP contribution in [-0.2, 0) is 11.2 Å². The molecule has 17 heavy (non-hydrogen) atoms. The molecule has 0 aliphatic heterocycles. The molecule has 0 unspecified atom stereocenters. The summed E-state index contributed by atoms with van der Waals surface area (Å²) in [5.41, 5.74) is 0.635. The number of amides is 1. The van der Waals surface area contributed by atoms with Crippen LogP contribution in [0.25, 0.3) is 0 Å². The normalized spacial score (nSPS) is 9.65. The van der Waals surface area contributed by atoms with Crippen LogP contribution in [0.1, 0.15) is 18.9 Å². The monoisotopic (exact) mass is 231 g/mol. The Bertz CT molecular complexity index is 420. The van der Waals surface area contributed by atoms with E-state index in [9.17, 15) is 9.90 Å². The molecule has 0 aliphatic carbocycles. The number of phenolic OH excluding ortho intramolecular Hbond substituents is 1. The number of hydrogen-bond acceptors (Lipinski definition) is 2. The Morgan fingerprint density at radius 1 is 1.47 bits per heavy atom. The zero-order chi connectivity index (χ0) is 12.7. The van der Waals surface area contributed by atoms with Gasteiger partial charge in [-0.15, -0.1) is 6.42 Å².